The van der Waals surface area contributed by atoms with Gasteiger partial charge in [-0.3, -0.25) is 9.59 Å². The summed E-state index contributed by atoms with van der Waals surface area (Å²) < 4.78 is 36.8. The number of rotatable bonds is 9. The van der Waals surface area contributed by atoms with Crippen LogP contribution in [-0.2, 0) is 26.0 Å². The fourth-order valence-electron chi connectivity index (χ4n) is 2.47. The lowest BCUT2D eigenvalue weighted by molar-refractivity contribution is -0.134. The SMILES string of the molecule is CC(=O)Oc1ccc(/C=C/S(=O)(=O)NCCCc2ccccc2)cc1OC(C)=O. The molecule has 0 saturated carbocycles. The molecule has 0 saturated heterocycles. The Kier molecular flexibility index (Phi) is 8.11. The zero-order chi connectivity index (χ0) is 21.3. The number of ether oxygens (including phenoxy) is 2. The Bertz CT molecular complexity index is 983. The molecule has 0 aliphatic heterocycles. The fourth-order valence-corrected chi connectivity index (χ4v) is 3.33. The summed E-state index contributed by atoms with van der Waals surface area (Å²) in [4.78, 5) is 22.4. The van der Waals surface area contributed by atoms with E-state index in [4.69, 9.17) is 9.47 Å². The van der Waals surface area contributed by atoms with Crippen LogP contribution in [0.1, 0.15) is 31.4 Å². The number of carbonyl (C=O) groups excluding carboxylic acids is 2. The molecule has 1 N–H and O–H groups in total. The standard InChI is InChI=1S/C21H23NO6S/c1-16(23)27-20-11-10-19(15-21(20)28-17(2)24)12-14-29(25,26)22-13-6-9-18-7-4-3-5-8-18/h3-5,7-8,10-12,14-15,22H,6,9,13H2,1-2H3/b14-12+. The molecule has 0 unspecified atom stereocenters. The van der Waals surface area contributed by atoms with Gasteiger partial charge in [0.15, 0.2) is 11.5 Å². The lowest BCUT2D eigenvalue weighted by Crippen LogP contribution is -2.22. The van der Waals surface area contributed by atoms with Crippen molar-refractivity contribution >= 4 is 28.0 Å². The number of esters is 2. The average Bonchev–Trinajstić information content (AvgIpc) is 2.65. The molecular weight excluding hydrogens is 394 g/mol. The zero-order valence-corrected chi connectivity index (χ0v) is 17.1. The van der Waals surface area contributed by atoms with Crippen LogP contribution in [0.3, 0.4) is 0 Å². The van der Waals surface area contributed by atoms with Crippen LogP contribution >= 0.6 is 0 Å². The molecule has 0 aliphatic carbocycles. The predicted octanol–water partition coefficient (Wildman–Crippen LogP) is 3.06. The second kappa shape index (κ2) is 10.5. The molecule has 29 heavy (non-hydrogen) atoms. The summed E-state index contributed by atoms with van der Waals surface area (Å²) in [6.07, 6.45) is 2.81. The van der Waals surface area contributed by atoms with Crippen LogP contribution in [0.2, 0.25) is 0 Å². The third-order valence-electron chi connectivity index (χ3n) is 3.70. The van der Waals surface area contributed by atoms with Gasteiger partial charge in [0.2, 0.25) is 10.0 Å². The van der Waals surface area contributed by atoms with Gasteiger partial charge in [-0.05, 0) is 42.2 Å². The van der Waals surface area contributed by atoms with Gasteiger partial charge >= 0.3 is 11.9 Å². The first-order chi connectivity index (χ1) is 13.7. The van der Waals surface area contributed by atoms with Crippen molar-refractivity contribution in [1.29, 1.82) is 0 Å². The molecule has 154 valence electrons. The Morgan fingerprint density at radius 2 is 1.62 bits per heavy atom. The van der Waals surface area contributed by atoms with Gasteiger partial charge in [0.1, 0.15) is 0 Å². The minimum atomic E-state index is -3.62. The first kappa shape index (κ1) is 22.3. The van der Waals surface area contributed by atoms with E-state index in [0.29, 0.717) is 18.5 Å². The molecular formula is C21H23NO6S. The van der Waals surface area contributed by atoms with Crippen molar-refractivity contribution in [2.45, 2.75) is 26.7 Å². The van der Waals surface area contributed by atoms with Crippen molar-refractivity contribution < 1.29 is 27.5 Å². The Morgan fingerprint density at radius 3 is 2.28 bits per heavy atom. The minimum absolute atomic E-state index is 0.0306. The third-order valence-corrected chi connectivity index (χ3v) is 4.80. The van der Waals surface area contributed by atoms with Crippen LogP contribution in [0.15, 0.2) is 53.9 Å². The third kappa shape index (κ3) is 8.28. The van der Waals surface area contributed by atoms with E-state index >= 15 is 0 Å². The quantitative estimate of drug-likeness (QED) is 0.382. The molecule has 0 spiro atoms. The highest BCUT2D eigenvalue weighted by atomic mass is 32.2. The largest absolute Gasteiger partial charge is 0.423 e. The van der Waals surface area contributed by atoms with Gasteiger partial charge in [0.05, 0.1) is 0 Å². The topological polar surface area (TPSA) is 98.8 Å². The first-order valence-corrected chi connectivity index (χ1v) is 10.5. The van der Waals surface area contributed by atoms with Gasteiger partial charge in [-0.15, -0.1) is 0 Å². The highest BCUT2D eigenvalue weighted by Gasteiger charge is 2.11. The summed E-state index contributed by atoms with van der Waals surface area (Å²) in [6, 6.07) is 14.2. The van der Waals surface area contributed by atoms with Gasteiger partial charge in [-0.1, -0.05) is 36.4 Å². The molecule has 2 aromatic carbocycles. The number of benzene rings is 2. The molecule has 8 heteroatoms. The molecule has 2 aromatic rings. The van der Waals surface area contributed by atoms with Gasteiger partial charge < -0.3 is 9.47 Å². The molecule has 0 aliphatic rings. The minimum Gasteiger partial charge on any atom is -0.423 e. The van der Waals surface area contributed by atoms with E-state index in [9.17, 15) is 18.0 Å². The second-order valence-corrected chi connectivity index (χ2v) is 7.88. The smallest absolute Gasteiger partial charge is 0.308 e. The lowest BCUT2D eigenvalue weighted by atomic mass is 10.1. The van der Waals surface area contributed by atoms with E-state index in [1.165, 1.54) is 32.1 Å². The predicted molar refractivity (Wildman–Crippen MR) is 110 cm³/mol. The molecule has 0 heterocycles. The van der Waals surface area contributed by atoms with Crippen molar-refractivity contribution in [1.82, 2.24) is 4.72 Å². The molecule has 0 amide bonds. The first-order valence-electron chi connectivity index (χ1n) is 8.98. The average molecular weight is 417 g/mol. The molecule has 2 rings (SSSR count). The van der Waals surface area contributed by atoms with Crippen LogP contribution in [0.5, 0.6) is 11.5 Å². The lowest BCUT2D eigenvalue weighted by Gasteiger charge is -2.09. The Morgan fingerprint density at radius 1 is 0.966 bits per heavy atom. The van der Waals surface area contributed by atoms with Crippen LogP contribution in [-0.4, -0.2) is 26.9 Å². The summed E-state index contributed by atoms with van der Waals surface area (Å²) in [5.41, 5.74) is 1.61. The summed E-state index contributed by atoms with van der Waals surface area (Å²) in [7, 11) is -3.62. The van der Waals surface area contributed by atoms with Gasteiger partial charge in [0.25, 0.3) is 0 Å². The summed E-state index contributed by atoms with van der Waals surface area (Å²) >= 11 is 0. The maximum Gasteiger partial charge on any atom is 0.308 e. The van der Waals surface area contributed by atoms with Crippen LogP contribution < -0.4 is 14.2 Å². The van der Waals surface area contributed by atoms with Crippen LogP contribution in [0.25, 0.3) is 6.08 Å². The number of sulfonamides is 1. The molecule has 0 fully saturated rings. The van der Waals surface area contributed by atoms with Gasteiger partial charge in [-0.2, -0.15) is 0 Å². The van der Waals surface area contributed by atoms with Gasteiger partial charge in [0, 0.05) is 25.8 Å². The highest BCUT2D eigenvalue weighted by Crippen LogP contribution is 2.29. The summed E-state index contributed by atoms with van der Waals surface area (Å²) in [5, 5.41) is 1.04. The van der Waals surface area contributed by atoms with E-state index in [1.807, 2.05) is 30.3 Å². The van der Waals surface area contributed by atoms with E-state index in [2.05, 4.69) is 4.72 Å². The van der Waals surface area contributed by atoms with Crippen molar-refractivity contribution in [2.75, 3.05) is 6.54 Å². The Hall–Kier alpha value is -2.97. The van der Waals surface area contributed by atoms with Crippen molar-refractivity contribution in [3.05, 3.63) is 65.1 Å². The van der Waals surface area contributed by atoms with Crippen LogP contribution in [0, 0.1) is 0 Å². The van der Waals surface area contributed by atoms with Crippen molar-refractivity contribution in [3.63, 3.8) is 0 Å². The number of carbonyl (C=O) groups is 2. The number of hydrogen-bond donors (Lipinski definition) is 1. The summed E-state index contributed by atoms with van der Waals surface area (Å²) in [5.74, 6) is -1.05. The number of nitrogens with one attached hydrogen (secondary N) is 1. The van der Waals surface area contributed by atoms with E-state index in [1.54, 1.807) is 6.07 Å². The van der Waals surface area contributed by atoms with E-state index in [-0.39, 0.29) is 11.5 Å². The maximum absolute atomic E-state index is 12.1. The molecule has 0 bridgehead atoms. The van der Waals surface area contributed by atoms with E-state index < -0.39 is 22.0 Å². The number of hydrogen-bond acceptors (Lipinski definition) is 6. The van der Waals surface area contributed by atoms with E-state index in [0.717, 1.165) is 17.4 Å². The normalized spacial score (nSPS) is 11.4. The van der Waals surface area contributed by atoms with Crippen molar-refractivity contribution in [3.8, 4) is 11.5 Å². The Balaban J connectivity index is 1.99. The van der Waals surface area contributed by atoms with Gasteiger partial charge in [-0.25, -0.2) is 13.1 Å². The highest BCUT2D eigenvalue weighted by molar-refractivity contribution is 7.92. The zero-order valence-electron chi connectivity index (χ0n) is 16.3. The molecule has 0 radical (unpaired) electrons. The fraction of sp³-hybridized carbons (Fsp3) is 0.238. The summed E-state index contributed by atoms with van der Waals surface area (Å²) in [6.45, 7) is 2.75. The van der Waals surface area contributed by atoms with Crippen LogP contribution in [0.4, 0.5) is 0 Å². The second-order valence-electron chi connectivity index (χ2n) is 6.22. The van der Waals surface area contributed by atoms with Crippen molar-refractivity contribution in [2.24, 2.45) is 0 Å². The molecule has 0 atom stereocenters. The Labute approximate surface area is 170 Å². The molecule has 0 aromatic heterocycles. The maximum atomic E-state index is 12.1. The number of aryl methyl sites for hydroxylation is 1. The molecule has 7 nitrogen and oxygen atoms in total. The monoisotopic (exact) mass is 417 g/mol.